The Morgan fingerprint density at radius 2 is 2.40 bits per heavy atom. The fraction of sp³-hybridized carbons (Fsp3) is 0.778. The fourth-order valence-corrected chi connectivity index (χ4v) is 3.22. The summed E-state index contributed by atoms with van der Waals surface area (Å²) in [7, 11) is 1.56. The predicted molar refractivity (Wildman–Crippen MR) is 56.8 cm³/mol. The summed E-state index contributed by atoms with van der Waals surface area (Å²) >= 11 is 1.71. The van der Waals surface area contributed by atoms with E-state index in [-0.39, 0.29) is 11.9 Å². The Hall–Kier alpha value is -0.750. The topological polar surface area (TPSA) is 58.6 Å². The maximum absolute atomic E-state index is 12.0. The van der Waals surface area contributed by atoms with Crippen LogP contribution < -0.4 is 5.32 Å². The van der Waals surface area contributed by atoms with Gasteiger partial charge in [-0.1, -0.05) is 0 Å². The first-order chi connectivity index (χ1) is 7.19. The number of nitrogens with zero attached hydrogens (tertiary/aromatic N) is 1. The molecular weight excluding hydrogens is 216 g/mol. The molecule has 2 aliphatic heterocycles. The van der Waals surface area contributed by atoms with E-state index in [1.807, 2.05) is 0 Å². The molecule has 1 atom stereocenters. The number of hydrogen-bond donors (Lipinski definition) is 1. The summed E-state index contributed by atoms with van der Waals surface area (Å²) < 4.78 is 4.87. The molecule has 0 saturated carbocycles. The van der Waals surface area contributed by atoms with E-state index >= 15 is 0 Å². The second-order valence-electron chi connectivity index (χ2n) is 3.76. The number of nitrogens with one attached hydrogen (secondary N) is 1. The van der Waals surface area contributed by atoms with E-state index in [1.165, 1.54) is 4.90 Å². The van der Waals surface area contributed by atoms with Crippen LogP contribution in [0, 0.1) is 0 Å². The highest BCUT2D eigenvalue weighted by Crippen LogP contribution is 2.33. The third-order valence-corrected chi connectivity index (χ3v) is 3.98. The number of urea groups is 1. The lowest BCUT2D eigenvalue weighted by atomic mass is 9.99. The van der Waals surface area contributed by atoms with Crippen LogP contribution in [0.1, 0.15) is 6.42 Å². The largest absolute Gasteiger partial charge is 0.383 e. The third kappa shape index (κ3) is 1.72. The van der Waals surface area contributed by atoms with E-state index in [2.05, 4.69) is 5.32 Å². The molecule has 3 amide bonds. The van der Waals surface area contributed by atoms with Gasteiger partial charge in [-0.05, 0) is 12.2 Å². The van der Waals surface area contributed by atoms with Crippen molar-refractivity contribution in [2.24, 2.45) is 0 Å². The summed E-state index contributed by atoms with van der Waals surface area (Å²) in [6, 6.07) is -0.278. The molecule has 0 bridgehead atoms. The molecule has 15 heavy (non-hydrogen) atoms. The first-order valence-corrected chi connectivity index (χ1v) is 6.06. The minimum Gasteiger partial charge on any atom is -0.383 e. The number of hydrogen-bond acceptors (Lipinski definition) is 4. The number of carbonyl (C=O) groups excluding carboxylic acids is 2. The quantitative estimate of drug-likeness (QED) is 0.697. The normalized spacial score (nSPS) is 30.3. The van der Waals surface area contributed by atoms with Crippen LogP contribution in [-0.4, -0.2) is 54.1 Å². The number of imide groups is 1. The fourth-order valence-electron chi connectivity index (χ4n) is 1.89. The summed E-state index contributed by atoms with van der Waals surface area (Å²) in [4.78, 5) is 24.9. The average molecular weight is 230 g/mol. The zero-order valence-electron chi connectivity index (χ0n) is 8.62. The van der Waals surface area contributed by atoms with Crippen molar-refractivity contribution in [2.45, 2.75) is 12.0 Å². The molecule has 0 aromatic carbocycles. The van der Waals surface area contributed by atoms with Gasteiger partial charge in [-0.3, -0.25) is 9.69 Å². The van der Waals surface area contributed by atoms with Crippen LogP contribution in [0.4, 0.5) is 4.79 Å². The van der Waals surface area contributed by atoms with Gasteiger partial charge in [0.1, 0.15) is 5.54 Å². The number of rotatable bonds is 3. The maximum atomic E-state index is 12.0. The molecule has 2 saturated heterocycles. The van der Waals surface area contributed by atoms with Gasteiger partial charge in [0.25, 0.3) is 5.91 Å². The highest BCUT2D eigenvalue weighted by Gasteiger charge is 2.52. The Kier molecular flexibility index (Phi) is 2.88. The van der Waals surface area contributed by atoms with Crippen LogP contribution in [0.15, 0.2) is 0 Å². The molecule has 2 aliphatic rings. The van der Waals surface area contributed by atoms with Crippen LogP contribution in [0.2, 0.25) is 0 Å². The summed E-state index contributed by atoms with van der Waals surface area (Å²) in [5.41, 5.74) is -0.616. The smallest absolute Gasteiger partial charge is 0.325 e. The highest BCUT2D eigenvalue weighted by molar-refractivity contribution is 7.99. The van der Waals surface area contributed by atoms with E-state index < -0.39 is 5.54 Å². The first kappa shape index (κ1) is 10.8. The van der Waals surface area contributed by atoms with Gasteiger partial charge in [-0.2, -0.15) is 11.8 Å². The van der Waals surface area contributed by atoms with Crippen molar-refractivity contribution < 1.29 is 14.3 Å². The van der Waals surface area contributed by atoms with Crippen molar-refractivity contribution in [3.63, 3.8) is 0 Å². The van der Waals surface area contributed by atoms with Crippen molar-refractivity contribution in [1.29, 1.82) is 0 Å². The lowest BCUT2D eigenvalue weighted by Crippen LogP contribution is -2.47. The molecule has 5 nitrogen and oxygen atoms in total. The molecular formula is C9H14N2O3S. The van der Waals surface area contributed by atoms with Gasteiger partial charge in [0.15, 0.2) is 0 Å². The van der Waals surface area contributed by atoms with E-state index in [0.29, 0.717) is 18.9 Å². The van der Waals surface area contributed by atoms with Crippen molar-refractivity contribution in [2.75, 3.05) is 31.8 Å². The monoisotopic (exact) mass is 230 g/mol. The summed E-state index contributed by atoms with van der Waals surface area (Å²) in [5, 5.41) is 2.80. The van der Waals surface area contributed by atoms with Gasteiger partial charge in [-0.15, -0.1) is 0 Å². The summed E-state index contributed by atoms with van der Waals surface area (Å²) in [6.07, 6.45) is 0.742. The third-order valence-electron chi connectivity index (χ3n) is 2.79. The minimum absolute atomic E-state index is 0.0884. The van der Waals surface area contributed by atoms with E-state index in [0.717, 1.165) is 12.2 Å². The Morgan fingerprint density at radius 1 is 1.60 bits per heavy atom. The molecule has 1 unspecified atom stereocenters. The lowest BCUT2D eigenvalue weighted by Gasteiger charge is -2.18. The van der Waals surface area contributed by atoms with Crippen molar-refractivity contribution in [1.82, 2.24) is 10.2 Å². The van der Waals surface area contributed by atoms with Crippen molar-refractivity contribution in [3.8, 4) is 0 Å². The predicted octanol–water partition coefficient (Wildman–Crippen LogP) is 0.0603. The van der Waals surface area contributed by atoms with Gasteiger partial charge in [0.2, 0.25) is 0 Å². The molecule has 0 aromatic rings. The number of methoxy groups -OCH3 is 1. The molecule has 2 rings (SSSR count). The van der Waals surface area contributed by atoms with Gasteiger partial charge in [0.05, 0.1) is 13.2 Å². The standard InChI is InChI=1S/C9H14N2O3S/c1-14-4-3-11-7(12)9(10-8(11)13)2-5-15-6-9/h2-6H2,1H3,(H,10,13). The van der Waals surface area contributed by atoms with Gasteiger partial charge >= 0.3 is 6.03 Å². The lowest BCUT2D eigenvalue weighted by molar-refractivity contribution is -0.130. The molecule has 6 heteroatoms. The Morgan fingerprint density at radius 3 is 3.00 bits per heavy atom. The number of ether oxygens (including phenoxy) is 1. The average Bonchev–Trinajstić information content (AvgIpc) is 2.75. The Balaban J connectivity index is 2.08. The molecule has 2 fully saturated rings. The number of thioether (sulfide) groups is 1. The van der Waals surface area contributed by atoms with Crippen molar-refractivity contribution >= 4 is 23.7 Å². The van der Waals surface area contributed by atoms with Crippen molar-refractivity contribution in [3.05, 3.63) is 0 Å². The van der Waals surface area contributed by atoms with Gasteiger partial charge in [0, 0.05) is 12.9 Å². The summed E-state index contributed by atoms with van der Waals surface area (Å²) in [5.74, 6) is 1.54. The second kappa shape index (κ2) is 4.02. The molecule has 84 valence electrons. The van der Waals surface area contributed by atoms with Gasteiger partial charge in [-0.25, -0.2) is 4.79 Å². The van der Waals surface area contributed by atoms with Crippen LogP contribution in [0.3, 0.4) is 0 Å². The molecule has 2 heterocycles. The Labute approximate surface area is 92.5 Å². The van der Waals surface area contributed by atoms with Crippen LogP contribution in [0.5, 0.6) is 0 Å². The molecule has 0 aliphatic carbocycles. The van der Waals surface area contributed by atoms with E-state index in [1.54, 1.807) is 18.9 Å². The Bertz CT molecular complexity index is 289. The maximum Gasteiger partial charge on any atom is 0.325 e. The first-order valence-electron chi connectivity index (χ1n) is 4.90. The molecule has 0 aromatic heterocycles. The van der Waals surface area contributed by atoms with Crippen LogP contribution in [-0.2, 0) is 9.53 Å². The number of carbonyl (C=O) groups is 2. The molecule has 0 radical (unpaired) electrons. The number of amides is 3. The second-order valence-corrected chi connectivity index (χ2v) is 4.87. The zero-order chi connectivity index (χ0) is 10.9. The highest BCUT2D eigenvalue weighted by atomic mass is 32.2. The van der Waals surface area contributed by atoms with Gasteiger partial charge < -0.3 is 10.1 Å². The van der Waals surface area contributed by atoms with Crippen LogP contribution in [0.25, 0.3) is 0 Å². The van der Waals surface area contributed by atoms with E-state index in [9.17, 15) is 9.59 Å². The molecule has 1 spiro atoms. The van der Waals surface area contributed by atoms with E-state index in [4.69, 9.17) is 4.74 Å². The molecule has 1 N–H and O–H groups in total. The minimum atomic E-state index is -0.616. The van der Waals surface area contributed by atoms with Crippen LogP contribution >= 0.6 is 11.8 Å². The summed E-state index contributed by atoms with van der Waals surface area (Å²) in [6.45, 7) is 0.732. The zero-order valence-corrected chi connectivity index (χ0v) is 9.43. The SMILES string of the molecule is COCCN1C(=O)NC2(CCSC2)C1=O.